The van der Waals surface area contributed by atoms with Crippen molar-refractivity contribution in [2.75, 3.05) is 4.90 Å². The maximum atomic E-state index is 6.52. The van der Waals surface area contributed by atoms with Gasteiger partial charge in [-0.05, 0) is 97.9 Å². The van der Waals surface area contributed by atoms with Crippen LogP contribution in [0.1, 0.15) is 0 Å². The van der Waals surface area contributed by atoms with Crippen molar-refractivity contribution in [3.63, 3.8) is 0 Å². The molecule has 1 heterocycles. The summed E-state index contributed by atoms with van der Waals surface area (Å²) in [6.07, 6.45) is 0. The number of rotatable bonds is 8. The molecule has 0 radical (unpaired) electrons. The lowest BCUT2D eigenvalue weighted by Crippen LogP contribution is -2.12. The summed E-state index contributed by atoms with van der Waals surface area (Å²) < 4.78 is 6.52. The zero-order valence-corrected chi connectivity index (χ0v) is 32.9. The molecule has 0 spiro atoms. The summed E-state index contributed by atoms with van der Waals surface area (Å²) in [5.74, 6) is 1.77. The van der Waals surface area contributed by atoms with Crippen molar-refractivity contribution in [3.05, 3.63) is 237 Å². The van der Waals surface area contributed by atoms with Crippen LogP contribution < -0.4 is 9.64 Å². The average Bonchev–Trinajstić information content (AvgIpc) is 3.33. The third-order valence-corrected chi connectivity index (χ3v) is 11.7. The van der Waals surface area contributed by atoms with Gasteiger partial charge in [0.2, 0.25) is 0 Å². The minimum absolute atomic E-state index is 0.871. The second-order valence-electron chi connectivity index (χ2n) is 15.3. The minimum atomic E-state index is 0.871. The van der Waals surface area contributed by atoms with E-state index in [0.29, 0.717) is 0 Å². The highest BCUT2D eigenvalue weighted by Gasteiger charge is 2.24. The topological polar surface area (TPSA) is 12.5 Å². The molecule has 1 aliphatic rings. The van der Waals surface area contributed by atoms with E-state index in [1.807, 2.05) is 0 Å². The molecule has 0 aliphatic carbocycles. The van der Waals surface area contributed by atoms with Gasteiger partial charge in [-0.15, -0.1) is 0 Å². The molecule has 2 heteroatoms. The Labute approximate surface area is 350 Å². The van der Waals surface area contributed by atoms with Crippen molar-refractivity contribution in [2.45, 2.75) is 0 Å². The summed E-state index contributed by atoms with van der Waals surface area (Å²) in [6, 6.07) is 84.9. The Balaban J connectivity index is 1.04. The summed E-state index contributed by atoms with van der Waals surface area (Å²) in [6.45, 7) is 0. The van der Waals surface area contributed by atoms with Gasteiger partial charge in [0.15, 0.2) is 0 Å². The highest BCUT2D eigenvalue weighted by molar-refractivity contribution is 6.05. The Bertz CT molecular complexity index is 3130. The van der Waals surface area contributed by atoms with Crippen LogP contribution in [0, 0.1) is 0 Å². The largest absolute Gasteiger partial charge is 0.456 e. The number of para-hydroxylation sites is 2. The van der Waals surface area contributed by atoms with Gasteiger partial charge in [-0.3, -0.25) is 0 Å². The second kappa shape index (κ2) is 15.1. The predicted molar refractivity (Wildman–Crippen MR) is 251 cm³/mol. The smallest absolute Gasteiger partial charge is 0.135 e. The van der Waals surface area contributed by atoms with Crippen LogP contribution in [0.15, 0.2) is 237 Å². The van der Waals surface area contributed by atoms with E-state index in [1.54, 1.807) is 0 Å². The Morgan fingerprint density at radius 3 is 1.28 bits per heavy atom. The van der Waals surface area contributed by atoms with Crippen LogP contribution in [-0.4, -0.2) is 0 Å². The van der Waals surface area contributed by atoms with Crippen molar-refractivity contribution in [1.29, 1.82) is 0 Å². The highest BCUT2D eigenvalue weighted by atomic mass is 16.5. The fourth-order valence-electron chi connectivity index (χ4n) is 8.73. The van der Waals surface area contributed by atoms with Crippen molar-refractivity contribution in [1.82, 2.24) is 0 Å². The van der Waals surface area contributed by atoms with Crippen molar-refractivity contribution < 1.29 is 4.74 Å². The first-order valence-corrected chi connectivity index (χ1v) is 20.5. The summed E-state index contributed by atoms with van der Waals surface area (Å²) in [5.41, 5.74) is 17.3. The van der Waals surface area contributed by atoms with Crippen molar-refractivity contribution in [2.24, 2.45) is 0 Å². The lowest BCUT2D eigenvalue weighted by Gasteiger charge is -2.30. The normalized spacial score (nSPS) is 11.5. The van der Waals surface area contributed by atoms with Gasteiger partial charge in [-0.2, -0.15) is 0 Å². The molecule has 282 valence electrons. The van der Waals surface area contributed by atoms with Gasteiger partial charge in [-0.25, -0.2) is 0 Å². The molecule has 2 nitrogen and oxygen atoms in total. The van der Waals surface area contributed by atoms with E-state index in [2.05, 4.69) is 241 Å². The predicted octanol–water partition coefficient (Wildman–Crippen LogP) is 16.4. The number of anilines is 3. The molecule has 10 aromatic rings. The lowest BCUT2D eigenvalue weighted by atomic mass is 9.91. The van der Waals surface area contributed by atoms with Crippen LogP contribution >= 0.6 is 0 Å². The minimum Gasteiger partial charge on any atom is -0.456 e. The summed E-state index contributed by atoms with van der Waals surface area (Å²) in [4.78, 5) is 2.42. The standard InChI is InChI=1S/C58H39NO/c1-3-13-40(14-4-1)42-25-27-44(28-26-42)45-33-36-49(37-34-45)59(54-22-9-7-19-50(54)46-31-29-43(30-32-46)41-15-5-2-6-16-41)55-23-10-8-20-51(55)48-35-38-56-53(39-48)52-21-11-17-47-18-12-24-57(60-56)58(47)52/h1-39H. The quantitative estimate of drug-likeness (QED) is 0.153. The van der Waals surface area contributed by atoms with Gasteiger partial charge in [0.25, 0.3) is 0 Å². The molecule has 0 saturated carbocycles. The van der Waals surface area contributed by atoms with E-state index in [-0.39, 0.29) is 0 Å². The monoisotopic (exact) mass is 765 g/mol. The Hall–Kier alpha value is -7.94. The van der Waals surface area contributed by atoms with E-state index in [1.165, 1.54) is 44.3 Å². The SMILES string of the molecule is c1ccc(-c2ccc(-c3ccc(N(c4ccccc4-c4ccc(-c5ccccc5)cc4)c4ccccc4-c4ccc5c(c4)-c4cccc6cccc(c46)O5)cc3)cc2)cc1. The van der Waals surface area contributed by atoms with Crippen LogP contribution in [0.5, 0.6) is 11.5 Å². The zero-order valence-electron chi connectivity index (χ0n) is 32.9. The van der Waals surface area contributed by atoms with E-state index in [0.717, 1.165) is 61.8 Å². The van der Waals surface area contributed by atoms with Crippen LogP contribution in [0.2, 0.25) is 0 Å². The molecule has 10 aromatic carbocycles. The van der Waals surface area contributed by atoms with Crippen molar-refractivity contribution in [3.8, 4) is 78.3 Å². The first kappa shape index (κ1) is 35.2. The maximum absolute atomic E-state index is 6.52. The fourth-order valence-corrected chi connectivity index (χ4v) is 8.73. The Kier molecular flexibility index (Phi) is 8.87. The average molecular weight is 766 g/mol. The van der Waals surface area contributed by atoms with Gasteiger partial charge < -0.3 is 9.64 Å². The number of fused-ring (bicyclic) bond motifs is 2. The molecular formula is C58H39NO. The number of nitrogens with zero attached hydrogens (tertiary/aromatic N) is 1. The van der Waals surface area contributed by atoms with E-state index in [4.69, 9.17) is 4.74 Å². The molecular weight excluding hydrogens is 727 g/mol. The molecule has 1 aliphatic heterocycles. The first-order valence-electron chi connectivity index (χ1n) is 20.5. The van der Waals surface area contributed by atoms with Gasteiger partial charge in [0, 0.05) is 27.8 Å². The Morgan fingerprint density at radius 2 is 0.700 bits per heavy atom. The molecule has 0 bridgehead atoms. The van der Waals surface area contributed by atoms with Crippen LogP contribution in [0.25, 0.3) is 77.5 Å². The van der Waals surface area contributed by atoms with Crippen LogP contribution in [0.4, 0.5) is 17.1 Å². The molecule has 0 aromatic heterocycles. The van der Waals surface area contributed by atoms with E-state index >= 15 is 0 Å². The van der Waals surface area contributed by atoms with E-state index in [9.17, 15) is 0 Å². The molecule has 60 heavy (non-hydrogen) atoms. The van der Waals surface area contributed by atoms with Crippen LogP contribution in [0.3, 0.4) is 0 Å². The summed E-state index contributed by atoms with van der Waals surface area (Å²) >= 11 is 0. The summed E-state index contributed by atoms with van der Waals surface area (Å²) in [7, 11) is 0. The van der Waals surface area contributed by atoms with Gasteiger partial charge in [0.05, 0.1) is 11.4 Å². The number of hydrogen-bond acceptors (Lipinski definition) is 2. The van der Waals surface area contributed by atoms with Gasteiger partial charge >= 0.3 is 0 Å². The second-order valence-corrected chi connectivity index (χ2v) is 15.3. The maximum Gasteiger partial charge on any atom is 0.135 e. The molecule has 0 atom stereocenters. The third-order valence-electron chi connectivity index (χ3n) is 11.7. The molecule has 11 rings (SSSR count). The lowest BCUT2D eigenvalue weighted by molar-refractivity contribution is 0.487. The van der Waals surface area contributed by atoms with Gasteiger partial charge in [0.1, 0.15) is 11.5 Å². The zero-order chi connectivity index (χ0) is 39.8. The van der Waals surface area contributed by atoms with Crippen LogP contribution in [-0.2, 0) is 0 Å². The number of benzene rings is 10. The molecule has 0 amide bonds. The summed E-state index contributed by atoms with van der Waals surface area (Å²) in [5, 5.41) is 2.33. The Morgan fingerprint density at radius 1 is 0.267 bits per heavy atom. The highest BCUT2D eigenvalue weighted by Crippen LogP contribution is 2.50. The van der Waals surface area contributed by atoms with E-state index < -0.39 is 0 Å². The molecule has 0 fully saturated rings. The number of ether oxygens (including phenoxy) is 1. The third kappa shape index (κ3) is 6.41. The van der Waals surface area contributed by atoms with Gasteiger partial charge in [-0.1, -0.05) is 194 Å². The molecule has 0 saturated heterocycles. The molecule has 0 unspecified atom stereocenters. The van der Waals surface area contributed by atoms with Crippen molar-refractivity contribution >= 4 is 27.8 Å². The fraction of sp³-hybridized carbons (Fsp3) is 0. The molecule has 0 N–H and O–H groups in total. The first-order chi connectivity index (χ1) is 29.7. The number of hydrogen-bond donors (Lipinski definition) is 0.